The fourth-order valence-electron chi connectivity index (χ4n) is 1.06. The summed E-state index contributed by atoms with van der Waals surface area (Å²) in [6.07, 6.45) is -0.813. The van der Waals surface area contributed by atoms with Crippen molar-refractivity contribution in [2.45, 2.75) is 13.0 Å². The van der Waals surface area contributed by atoms with Gasteiger partial charge < -0.3 is 10.1 Å². The molecule has 0 saturated heterocycles. The summed E-state index contributed by atoms with van der Waals surface area (Å²) in [6.45, 7) is 1.53. The molecule has 1 rings (SSSR count). The molecule has 0 heterocycles. The van der Waals surface area contributed by atoms with Crippen LogP contribution >= 0.6 is 11.6 Å². The van der Waals surface area contributed by atoms with E-state index in [1.165, 1.54) is 14.0 Å². The lowest BCUT2D eigenvalue weighted by molar-refractivity contribution is -0.126. The van der Waals surface area contributed by atoms with Crippen molar-refractivity contribution in [1.29, 1.82) is 0 Å². The molecule has 0 aromatic heterocycles. The highest BCUT2D eigenvalue weighted by Crippen LogP contribution is 2.24. The molecule has 0 bridgehead atoms. The van der Waals surface area contributed by atoms with Gasteiger partial charge in [-0.1, -0.05) is 23.7 Å². The van der Waals surface area contributed by atoms with Crippen molar-refractivity contribution in [3.05, 3.63) is 29.3 Å². The molecule has 92 valence electrons. The third-order valence-electron chi connectivity index (χ3n) is 1.97. The van der Waals surface area contributed by atoms with Gasteiger partial charge in [0.25, 0.3) is 5.91 Å². The van der Waals surface area contributed by atoms with Gasteiger partial charge in [0.2, 0.25) is 0 Å². The summed E-state index contributed by atoms with van der Waals surface area (Å²) in [5.41, 5.74) is 0. The first-order valence-corrected chi connectivity index (χ1v) is 5.36. The number of imide groups is 1. The molecule has 0 radical (unpaired) electrons. The highest BCUT2D eigenvalue weighted by atomic mass is 35.5. The summed E-state index contributed by atoms with van der Waals surface area (Å²) in [7, 11) is 1.42. The highest BCUT2D eigenvalue weighted by molar-refractivity contribution is 6.32. The van der Waals surface area contributed by atoms with Crippen LogP contribution in [-0.2, 0) is 4.79 Å². The van der Waals surface area contributed by atoms with Crippen LogP contribution in [0.25, 0.3) is 0 Å². The van der Waals surface area contributed by atoms with Crippen molar-refractivity contribution in [2.75, 3.05) is 7.05 Å². The number of rotatable bonds is 3. The van der Waals surface area contributed by atoms with Gasteiger partial charge in [-0.2, -0.15) is 0 Å². The van der Waals surface area contributed by atoms with Crippen LogP contribution in [0.5, 0.6) is 5.75 Å². The number of benzene rings is 1. The third-order valence-corrected chi connectivity index (χ3v) is 2.29. The maximum atomic E-state index is 11.5. The summed E-state index contributed by atoms with van der Waals surface area (Å²) in [6, 6.07) is 6.21. The Morgan fingerprint density at radius 1 is 1.35 bits per heavy atom. The number of ether oxygens (including phenoxy) is 1. The Bertz CT molecular complexity index is 423. The molecule has 0 aliphatic rings. The molecule has 1 aromatic carbocycles. The number of carbonyl (C=O) groups excluding carboxylic acids is 2. The maximum absolute atomic E-state index is 11.5. The fraction of sp³-hybridized carbons (Fsp3) is 0.273. The molecule has 0 unspecified atom stereocenters. The lowest BCUT2D eigenvalue weighted by Gasteiger charge is -2.14. The van der Waals surface area contributed by atoms with E-state index in [9.17, 15) is 9.59 Å². The van der Waals surface area contributed by atoms with Crippen LogP contribution in [-0.4, -0.2) is 25.1 Å². The quantitative estimate of drug-likeness (QED) is 0.863. The zero-order valence-corrected chi connectivity index (χ0v) is 10.2. The summed E-state index contributed by atoms with van der Waals surface area (Å²) in [4.78, 5) is 22.4. The van der Waals surface area contributed by atoms with Crippen molar-refractivity contribution in [1.82, 2.24) is 10.6 Å². The first-order valence-electron chi connectivity index (χ1n) is 4.98. The molecular weight excluding hydrogens is 244 g/mol. The molecule has 0 saturated carbocycles. The van der Waals surface area contributed by atoms with E-state index < -0.39 is 18.0 Å². The molecule has 3 amide bonds. The maximum Gasteiger partial charge on any atom is 0.321 e. The van der Waals surface area contributed by atoms with Crippen LogP contribution in [0.3, 0.4) is 0 Å². The SMILES string of the molecule is CNC(=O)NC(=O)[C@H](C)Oc1ccccc1Cl. The average molecular weight is 257 g/mol. The first-order chi connectivity index (χ1) is 8.04. The molecule has 1 atom stereocenters. The van der Waals surface area contributed by atoms with E-state index in [4.69, 9.17) is 16.3 Å². The molecule has 6 heteroatoms. The minimum Gasteiger partial charge on any atom is -0.479 e. The largest absolute Gasteiger partial charge is 0.479 e. The Morgan fingerprint density at radius 2 is 2.00 bits per heavy atom. The second-order valence-corrected chi connectivity index (χ2v) is 3.67. The van der Waals surface area contributed by atoms with Crippen molar-refractivity contribution in [3.63, 3.8) is 0 Å². The average Bonchev–Trinajstić information content (AvgIpc) is 2.31. The summed E-state index contributed by atoms with van der Waals surface area (Å²) in [5.74, 6) is -0.141. The Kier molecular flexibility index (Phi) is 4.78. The zero-order valence-electron chi connectivity index (χ0n) is 9.49. The Labute approximate surface area is 104 Å². The lowest BCUT2D eigenvalue weighted by Crippen LogP contribution is -2.43. The van der Waals surface area contributed by atoms with Crippen LogP contribution in [0, 0.1) is 0 Å². The van der Waals surface area contributed by atoms with Crippen molar-refractivity contribution in [3.8, 4) is 5.75 Å². The van der Waals surface area contributed by atoms with Gasteiger partial charge in [-0.05, 0) is 19.1 Å². The predicted octanol–water partition coefficient (Wildman–Crippen LogP) is 1.56. The number of halogens is 1. The molecular formula is C11H13ClN2O3. The molecule has 1 aromatic rings. The number of amides is 3. The van der Waals surface area contributed by atoms with Gasteiger partial charge in [0.15, 0.2) is 6.10 Å². The van der Waals surface area contributed by atoms with E-state index in [0.29, 0.717) is 10.8 Å². The number of para-hydroxylation sites is 1. The molecule has 17 heavy (non-hydrogen) atoms. The second kappa shape index (κ2) is 6.10. The van der Waals surface area contributed by atoms with Gasteiger partial charge in [0, 0.05) is 7.05 Å². The van der Waals surface area contributed by atoms with Crippen LogP contribution in [0.4, 0.5) is 4.79 Å². The number of hydrogen-bond donors (Lipinski definition) is 2. The summed E-state index contributed by atoms with van der Waals surface area (Å²) >= 11 is 5.87. The van der Waals surface area contributed by atoms with E-state index in [0.717, 1.165) is 0 Å². The number of hydrogen-bond acceptors (Lipinski definition) is 3. The van der Waals surface area contributed by atoms with Crippen LogP contribution in [0.1, 0.15) is 6.92 Å². The lowest BCUT2D eigenvalue weighted by atomic mass is 10.3. The molecule has 2 N–H and O–H groups in total. The minimum atomic E-state index is -0.813. The van der Waals surface area contributed by atoms with Gasteiger partial charge >= 0.3 is 6.03 Å². The van der Waals surface area contributed by atoms with Crippen molar-refractivity contribution < 1.29 is 14.3 Å². The minimum absolute atomic E-state index is 0.397. The third kappa shape index (κ3) is 3.96. The van der Waals surface area contributed by atoms with Gasteiger partial charge in [-0.15, -0.1) is 0 Å². The van der Waals surface area contributed by atoms with E-state index in [1.54, 1.807) is 24.3 Å². The number of nitrogens with one attached hydrogen (secondary N) is 2. The molecule has 0 aliphatic carbocycles. The predicted molar refractivity (Wildman–Crippen MR) is 64.1 cm³/mol. The summed E-state index contributed by atoms with van der Waals surface area (Å²) < 4.78 is 5.33. The van der Waals surface area contributed by atoms with E-state index in [-0.39, 0.29) is 0 Å². The fourth-order valence-corrected chi connectivity index (χ4v) is 1.24. The molecule has 0 fully saturated rings. The first kappa shape index (κ1) is 13.3. The monoisotopic (exact) mass is 256 g/mol. The molecule has 0 aliphatic heterocycles. The standard InChI is InChI=1S/C11H13ClN2O3/c1-7(10(15)14-11(16)13-2)17-9-6-4-3-5-8(9)12/h3-7H,1-2H3,(H2,13,14,15,16)/t7-/m0/s1. The van der Waals surface area contributed by atoms with E-state index in [2.05, 4.69) is 10.6 Å². The van der Waals surface area contributed by atoms with Crippen LogP contribution < -0.4 is 15.4 Å². The Hall–Kier alpha value is -1.75. The van der Waals surface area contributed by atoms with Gasteiger partial charge in [-0.25, -0.2) is 4.79 Å². The number of urea groups is 1. The van der Waals surface area contributed by atoms with Gasteiger partial charge in [0.1, 0.15) is 5.75 Å². The van der Waals surface area contributed by atoms with Gasteiger partial charge in [0.05, 0.1) is 5.02 Å². The van der Waals surface area contributed by atoms with Crippen LogP contribution in [0.15, 0.2) is 24.3 Å². The molecule has 0 spiro atoms. The second-order valence-electron chi connectivity index (χ2n) is 3.26. The molecule has 5 nitrogen and oxygen atoms in total. The Balaban J connectivity index is 2.60. The normalized spacial score (nSPS) is 11.5. The van der Waals surface area contributed by atoms with Gasteiger partial charge in [-0.3, -0.25) is 10.1 Å². The van der Waals surface area contributed by atoms with E-state index >= 15 is 0 Å². The van der Waals surface area contributed by atoms with E-state index in [1.807, 2.05) is 0 Å². The van der Waals surface area contributed by atoms with Crippen molar-refractivity contribution in [2.24, 2.45) is 0 Å². The number of carbonyl (C=O) groups is 2. The summed E-state index contributed by atoms with van der Waals surface area (Å²) in [5, 5.41) is 4.79. The highest BCUT2D eigenvalue weighted by Gasteiger charge is 2.17. The van der Waals surface area contributed by atoms with Crippen molar-refractivity contribution >= 4 is 23.5 Å². The van der Waals surface area contributed by atoms with Crippen LogP contribution in [0.2, 0.25) is 5.02 Å². The zero-order chi connectivity index (χ0) is 12.8. The topological polar surface area (TPSA) is 67.4 Å². The Morgan fingerprint density at radius 3 is 2.59 bits per heavy atom. The smallest absolute Gasteiger partial charge is 0.321 e.